The van der Waals surface area contributed by atoms with E-state index in [0.717, 1.165) is 11.3 Å². The van der Waals surface area contributed by atoms with E-state index in [4.69, 9.17) is 5.73 Å². The molecule has 84 valence electrons. The average molecular weight is 249 g/mol. The number of nitrogens with two attached hydrogens (primary N) is 1. The van der Waals surface area contributed by atoms with Crippen molar-refractivity contribution in [3.8, 4) is 0 Å². The topological polar surface area (TPSA) is 102 Å². The van der Waals surface area contributed by atoms with Crippen molar-refractivity contribution in [3.63, 3.8) is 0 Å². The monoisotopic (exact) mass is 249 g/mol. The van der Waals surface area contributed by atoms with Gasteiger partial charge in [-0.15, -0.1) is 0 Å². The summed E-state index contributed by atoms with van der Waals surface area (Å²) in [7, 11) is -3.54. The molecule has 0 fully saturated rings. The van der Waals surface area contributed by atoms with E-state index < -0.39 is 15.9 Å². The predicted octanol–water partition coefficient (Wildman–Crippen LogP) is 0.113. The van der Waals surface area contributed by atoms with Gasteiger partial charge in [-0.05, 0) is 13.8 Å². The van der Waals surface area contributed by atoms with Gasteiger partial charge in [0.2, 0.25) is 10.0 Å². The van der Waals surface area contributed by atoms with Gasteiger partial charge in [0.05, 0.1) is 11.4 Å². The fraction of sp³-hybridized carbons (Fsp3) is 0.429. The van der Waals surface area contributed by atoms with Gasteiger partial charge in [-0.2, -0.15) is 0 Å². The van der Waals surface area contributed by atoms with Crippen LogP contribution < -0.4 is 10.5 Å². The Balaban J connectivity index is 2.92. The lowest BCUT2D eigenvalue weighted by Crippen LogP contribution is -2.31. The number of thiazole rings is 1. The summed E-state index contributed by atoms with van der Waals surface area (Å²) in [5, 5.41) is 0.242. The van der Waals surface area contributed by atoms with Crippen molar-refractivity contribution >= 4 is 32.4 Å². The SMILES string of the molecule is CCS(=O)(=O)NC(=O)c1sc(N)nc1C. The molecule has 1 aromatic heterocycles. The number of hydrogen-bond acceptors (Lipinski definition) is 6. The average Bonchev–Trinajstić information content (AvgIpc) is 2.45. The van der Waals surface area contributed by atoms with Gasteiger partial charge in [0.25, 0.3) is 5.91 Å². The smallest absolute Gasteiger partial charge is 0.276 e. The van der Waals surface area contributed by atoms with Crippen LogP contribution >= 0.6 is 11.3 Å². The van der Waals surface area contributed by atoms with E-state index in [9.17, 15) is 13.2 Å². The third kappa shape index (κ3) is 2.90. The standard InChI is InChI=1S/C7H11N3O3S2/c1-3-15(12,13)10-6(11)5-4(2)9-7(8)14-5/h3H2,1-2H3,(H2,8,9)(H,10,11). The summed E-state index contributed by atoms with van der Waals surface area (Å²) in [4.78, 5) is 15.5. The highest BCUT2D eigenvalue weighted by Gasteiger charge is 2.18. The van der Waals surface area contributed by atoms with Crippen molar-refractivity contribution in [2.45, 2.75) is 13.8 Å². The number of aryl methyl sites for hydroxylation is 1. The van der Waals surface area contributed by atoms with Crippen LogP contribution in [-0.4, -0.2) is 25.1 Å². The van der Waals surface area contributed by atoms with Gasteiger partial charge in [-0.1, -0.05) is 11.3 Å². The number of nitrogens with one attached hydrogen (secondary N) is 1. The van der Waals surface area contributed by atoms with E-state index in [1.165, 1.54) is 6.92 Å². The van der Waals surface area contributed by atoms with Crippen molar-refractivity contribution in [1.29, 1.82) is 0 Å². The van der Waals surface area contributed by atoms with E-state index in [1.54, 1.807) is 6.92 Å². The Morgan fingerprint density at radius 2 is 2.20 bits per heavy atom. The zero-order valence-corrected chi connectivity index (χ0v) is 9.91. The summed E-state index contributed by atoms with van der Waals surface area (Å²) >= 11 is 0.964. The lowest BCUT2D eigenvalue weighted by Gasteiger charge is -2.02. The summed E-state index contributed by atoms with van der Waals surface area (Å²) < 4.78 is 24.2. The first-order valence-corrected chi connectivity index (χ1v) is 6.60. The molecule has 0 aliphatic carbocycles. The number of aromatic nitrogens is 1. The lowest BCUT2D eigenvalue weighted by atomic mass is 10.4. The molecular weight excluding hydrogens is 238 g/mol. The van der Waals surface area contributed by atoms with Crippen molar-refractivity contribution < 1.29 is 13.2 Å². The van der Waals surface area contributed by atoms with Gasteiger partial charge in [-0.25, -0.2) is 18.1 Å². The summed E-state index contributed by atoms with van der Waals surface area (Å²) in [6.45, 7) is 3.05. The first-order valence-electron chi connectivity index (χ1n) is 4.13. The van der Waals surface area contributed by atoms with Crippen LogP contribution in [0.3, 0.4) is 0 Å². The highest BCUT2D eigenvalue weighted by molar-refractivity contribution is 7.90. The molecule has 0 saturated carbocycles. The fourth-order valence-electron chi connectivity index (χ4n) is 0.888. The lowest BCUT2D eigenvalue weighted by molar-refractivity contribution is 0.0984. The molecule has 0 saturated heterocycles. The number of hydrogen-bond donors (Lipinski definition) is 2. The minimum atomic E-state index is -3.54. The minimum absolute atomic E-state index is 0.147. The summed E-state index contributed by atoms with van der Waals surface area (Å²) in [5.74, 6) is -0.824. The summed E-state index contributed by atoms with van der Waals surface area (Å²) in [5.41, 5.74) is 5.82. The van der Waals surface area contributed by atoms with E-state index in [1.807, 2.05) is 4.72 Å². The second kappa shape index (κ2) is 4.15. The van der Waals surface area contributed by atoms with Crippen molar-refractivity contribution in [3.05, 3.63) is 10.6 Å². The molecule has 15 heavy (non-hydrogen) atoms. The van der Waals surface area contributed by atoms with E-state index in [0.29, 0.717) is 5.69 Å². The van der Waals surface area contributed by atoms with Gasteiger partial charge in [0, 0.05) is 0 Å². The number of nitrogen functional groups attached to an aromatic ring is 1. The van der Waals surface area contributed by atoms with Crippen LogP contribution in [0.25, 0.3) is 0 Å². The number of nitrogens with zero attached hydrogens (tertiary/aromatic N) is 1. The van der Waals surface area contributed by atoms with Gasteiger partial charge in [0.15, 0.2) is 5.13 Å². The molecule has 0 aromatic carbocycles. The molecule has 3 N–H and O–H groups in total. The van der Waals surface area contributed by atoms with Gasteiger partial charge in [0.1, 0.15) is 4.88 Å². The number of carbonyl (C=O) groups is 1. The second-order valence-electron chi connectivity index (χ2n) is 2.80. The van der Waals surface area contributed by atoms with Crippen LogP contribution in [0.5, 0.6) is 0 Å². The van der Waals surface area contributed by atoms with E-state index in [2.05, 4.69) is 4.98 Å². The van der Waals surface area contributed by atoms with Crippen LogP contribution in [0.2, 0.25) is 0 Å². The zero-order valence-electron chi connectivity index (χ0n) is 8.27. The number of anilines is 1. The van der Waals surface area contributed by atoms with Crippen molar-refractivity contribution in [2.75, 3.05) is 11.5 Å². The predicted molar refractivity (Wildman–Crippen MR) is 58.2 cm³/mol. The van der Waals surface area contributed by atoms with Crippen LogP contribution in [0.4, 0.5) is 5.13 Å². The fourth-order valence-corrected chi connectivity index (χ4v) is 2.21. The Morgan fingerprint density at radius 3 is 2.60 bits per heavy atom. The van der Waals surface area contributed by atoms with Gasteiger partial charge in [-0.3, -0.25) is 4.79 Å². The maximum absolute atomic E-state index is 11.5. The van der Waals surface area contributed by atoms with Crippen LogP contribution in [0.15, 0.2) is 0 Å². The van der Waals surface area contributed by atoms with Gasteiger partial charge >= 0.3 is 0 Å². The third-order valence-electron chi connectivity index (χ3n) is 1.65. The summed E-state index contributed by atoms with van der Waals surface area (Å²) in [6.07, 6.45) is 0. The molecule has 1 heterocycles. The van der Waals surface area contributed by atoms with Crippen molar-refractivity contribution in [1.82, 2.24) is 9.71 Å². The molecule has 0 bridgehead atoms. The largest absolute Gasteiger partial charge is 0.375 e. The van der Waals surface area contributed by atoms with Gasteiger partial charge < -0.3 is 5.73 Å². The Bertz CT molecular complexity index is 478. The highest BCUT2D eigenvalue weighted by atomic mass is 32.2. The molecule has 0 radical (unpaired) electrons. The summed E-state index contributed by atoms with van der Waals surface area (Å²) in [6, 6.07) is 0. The molecule has 8 heteroatoms. The molecule has 6 nitrogen and oxygen atoms in total. The molecule has 1 rings (SSSR count). The van der Waals surface area contributed by atoms with Crippen LogP contribution in [-0.2, 0) is 10.0 Å². The Hall–Kier alpha value is -1.15. The molecule has 0 aliphatic rings. The molecule has 0 unspecified atom stereocenters. The number of carbonyl (C=O) groups excluding carboxylic acids is 1. The molecule has 0 spiro atoms. The first-order chi connectivity index (χ1) is 6.85. The van der Waals surface area contributed by atoms with E-state index >= 15 is 0 Å². The van der Waals surface area contributed by atoms with Crippen LogP contribution in [0, 0.1) is 6.92 Å². The number of sulfonamides is 1. The maximum Gasteiger partial charge on any atom is 0.276 e. The Labute approximate surface area is 91.6 Å². The first kappa shape index (κ1) is 11.9. The second-order valence-corrected chi connectivity index (χ2v) is 5.84. The number of amides is 1. The molecule has 1 amide bonds. The molecule has 0 atom stereocenters. The van der Waals surface area contributed by atoms with Crippen LogP contribution in [0.1, 0.15) is 22.3 Å². The van der Waals surface area contributed by atoms with E-state index in [-0.39, 0.29) is 15.8 Å². The highest BCUT2D eigenvalue weighted by Crippen LogP contribution is 2.19. The third-order valence-corrected chi connectivity index (χ3v) is 3.89. The Morgan fingerprint density at radius 1 is 1.60 bits per heavy atom. The maximum atomic E-state index is 11.5. The minimum Gasteiger partial charge on any atom is -0.375 e. The molecule has 1 aromatic rings. The number of rotatable bonds is 3. The van der Waals surface area contributed by atoms with Crippen molar-refractivity contribution in [2.24, 2.45) is 0 Å². The normalized spacial score (nSPS) is 11.3. The quantitative estimate of drug-likeness (QED) is 0.791. The molecule has 0 aliphatic heterocycles. The Kier molecular flexibility index (Phi) is 3.30. The zero-order chi connectivity index (χ0) is 11.6. The molecular formula is C7H11N3O3S2.